The summed E-state index contributed by atoms with van der Waals surface area (Å²) in [7, 11) is 0. The maximum Gasteiger partial charge on any atom is 0.573 e. The van der Waals surface area contributed by atoms with Gasteiger partial charge in [0.1, 0.15) is 0 Å². The molecular formula is C10H9F4O2. The molecule has 0 amide bonds. The number of hydrogen-bond donors (Lipinski definition) is 1. The minimum absolute atomic E-state index is 0.300. The van der Waals surface area contributed by atoms with E-state index in [0.29, 0.717) is 5.56 Å². The Morgan fingerprint density at radius 2 is 2.00 bits per heavy atom. The number of rotatable bonds is 3. The molecule has 0 aliphatic rings. The lowest BCUT2D eigenvalue weighted by atomic mass is 10.0. The highest BCUT2D eigenvalue weighted by molar-refractivity contribution is 5.31. The van der Waals surface area contributed by atoms with Gasteiger partial charge in [0.25, 0.3) is 0 Å². The van der Waals surface area contributed by atoms with Crippen LogP contribution in [0.3, 0.4) is 0 Å². The summed E-state index contributed by atoms with van der Waals surface area (Å²) in [5.74, 6) is -2.63. The highest BCUT2D eigenvalue weighted by Gasteiger charge is 2.32. The molecule has 2 nitrogen and oxygen atoms in total. The highest BCUT2D eigenvalue weighted by atomic mass is 19.4. The van der Waals surface area contributed by atoms with Gasteiger partial charge in [0.05, 0.1) is 0 Å². The third-order valence-corrected chi connectivity index (χ3v) is 1.87. The molecule has 1 N–H and O–H groups in total. The first kappa shape index (κ1) is 12.8. The summed E-state index contributed by atoms with van der Waals surface area (Å²) in [6.07, 6.45) is -4.93. The van der Waals surface area contributed by atoms with E-state index in [1.165, 1.54) is 6.07 Å². The Bertz CT molecular complexity index is 362. The van der Waals surface area contributed by atoms with E-state index in [0.717, 1.165) is 12.1 Å². The van der Waals surface area contributed by atoms with E-state index >= 15 is 0 Å². The average molecular weight is 237 g/mol. The summed E-state index contributed by atoms with van der Waals surface area (Å²) in [6, 6.07) is 2.93. The molecule has 0 fully saturated rings. The Kier molecular flexibility index (Phi) is 3.74. The van der Waals surface area contributed by atoms with Gasteiger partial charge in [0.2, 0.25) is 0 Å². The van der Waals surface area contributed by atoms with Gasteiger partial charge in [0, 0.05) is 12.5 Å². The Labute approximate surface area is 89.5 Å². The third-order valence-electron chi connectivity index (χ3n) is 1.87. The van der Waals surface area contributed by atoms with E-state index in [4.69, 9.17) is 5.11 Å². The standard InChI is InChI=1S/C10H9F4O2/c1-6(5-15)7-2-3-9(8(11)4-7)16-10(12,13)14/h2-4,6,15H,1,5H2. The zero-order valence-electron chi connectivity index (χ0n) is 8.09. The predicted molar refractivity (Wildman–Crippen MR) is 48.3 cm³/mol. The fraction of sp³-hybridized carbons (Fsp3) is 0.300. The molecular weight excluding hydrogens is 228 g/mol. The van der Waals surface area contributed by atoms with E-state index in [2.05, 4.69) is 11.7 Å². The van der Waals surface area contributed by atoms with Crippen LogP contribution in [0, 0.1) is 12.7 Å². The smallest absolute Gasteiger partial charge is 0.403 e. The van der Waals surface area contributed by atoms with Gasteiger partial charge in [-0.05, 0) is 24.6 Å². The van der Waals surface area contributed by atoms with Crippen molar-refractivity contribution in [2.45, 2.75) is 12.3 Å². The number of ether oxygens (including phenoxy) is 1. The fourth-order valence-corrected chi connectivity index (χ4v) is 1.08. The van der Waals surface area contributed by atoms with Gasteiger partial charge in [-0.1, -0.05) is 6.07 Å². The summed E-state index contributed by atoms with van der Waals surface area (Å²) < 4.78 is 52.0. The Hall–Kier alpha value is -1.30. The van der Waals surface area contributed by atoms with Gasteiger partial charge in [-0.3, -0.25) is 0 Å². The molecule has 1 aromatic rings. The van der Waals surface area contributed by atoms with E-state index in [1.807, 2.05) is 0 Å². The van der Waals surface area contributed by atoms with Crippen molar-refractivity contribution in [3.05, 3.63) is 36.5 Å². The van der Waals surface area contributed by atoms with Gasteiger partial charge in [-0.2, -0.15) is 0 Å². The molecule has 1 radical (unpaired) electrons. The quantitative estimate of drug-likeness (QED) is 0.819. The minimum Gasteiger partial charge on any atom is -0.403 e. The Balaban J connectivity index is 2.92. The molecule has 1 atom stereocenters. The van der Waals surface area contributed by atoms with Crippen LogP contribution < -0.4 is 4.74 Å². The van der Waals surface area contributed by atoms with Crippen molar-refractivity contribution in [2.75, 3.05) is 6.61 Å². The van der Waals surface area contributed by atoms with Crippen LogP contribution in [0.5, 0.6) is 5.75 Å². The summed E-state index contributed by atoms with van der Waals surface area (Å²) in [4.78, 5) is 0. The molecule has 0 bridgehead atoms. The van der Waals surface area contributed by atoms with Crippen molar-refractivity contribution in [3.8, 4) is 5.75 Å². The van der Waals surface area contributed by atoms with E-state index in [1.54, 1.807) is 0 Å². The molecule has 0 aliphatic heterocycles. The molecule has 0 aliphatic carbocycles. The van der Waals surface area contributed by atoms with Crippen molar-refractivity contribution in [2.24, 2.45) is 0 Å². The molecule has 0 saturated carbocycles. The molecule has 0 heterocycles. The second kappa shape index (κ2) is 4.69. The molecule has 0 saturated heterocycles. The molecule has 89 valence electrons. The molecule has 1 aromatic carbocycles. The Morgan fingerprint density at radius 1 is 1.38 bits per heavy atom. The topological polar surface area (TPSA) is 29.5 Å². The molecule has 1 unspecified atom stereocenters. The lowest BCUT2D eigenvalue weighted by Gasteiger charge is -2.12. The first-order valence-electron chi connectivity index (χ1n) is 4.32. The van der Waals surface area contributed by atoms with Crippen LogP contribution in [0.15, 0.2) is 18.2 Å². The number of hydrogen-bond acceptors (Lipinski definition) is 2. The summed E-state index contributed by atoms with van der Waals surface area (Å²) >= 11 is 0. The first-order valence-corrected chi connectivity index (χ1v) is 4.32. The van der Waals surface area contributed by atoms with Crippen LogP contribution in [0.4, 0.5) is 17.6 Å². The van der Waals surface area contributed by atoms with Crippen LogP contribution in [0.25, 0.3) is 0 Å². The maximum absolute atomic E-state index is 13.1. The second-order valence-corrected chi connectivity index (χ2v) is 3.12. The van der Waals surface area contributed by atoms with Crippen molar-refractivity contribution in [1.82, 2.24) is 0 Å². The van der Waals surface area contributed by atoms with Gasteiger partial charge < -0.3 is 9.84 Å². The number of aliphatic hydroxyl groups excluding tert-OH is 1. The maximum atomic E-state index is 13.1. The fourth-order valence-electron chi connectivity index (χ4n) is 1.08. The lowest BCUT2D eigenvalue weighted by Crippen LogP contribution is -2.18. The average Bonchev–Trinajstić information content (AvgIpc) is 2.18. The van der Waals surface area contributed by atoms with Crippen LogP contribution in [-0.4, -0.2) is 18.1 Å². The first-order chi connectivity index (χ1) is 7.33. The van der Waals surface area contributed by atoms with Crippen molar-refractivity contribution in [3.63, 3.8) is 0 Å². The van der Waals surface area contributed by atoms with Crippen molar-refractivity contribution < 1.29 is 27.4 Å². The largest absolute Gasteiger partial charge is 0.573 e. The van der Waals surface area contributed by atoms with E-state index < -0.39 is 23.8 Å². The number of alkyl halides is 3. The van der Waals surface area contributed by atoms with Gasteiger partial charge >= 0.3 is 6.36 Å². The molecule has 16 heavy (non-hydrogen) atoms. The molecule has 1 rings (SSSR count). The highest BCUT2D eigenvalue weighted by Crippen LogP contribution is 2.27. The van der Waals surface area contributed by atoms with Crippen molar-refractivity contribution >= 4 is 0 Å². The van der Waals surface area contributed by atoms with Crippen LogP contribution >= 0.6 is 0 Å². The summed E-state index contributed by atoms with van der Waals surface area (Å²) in [6.45, 7) is 3.17. The number of halogens is 4. The third kappa shape index (κ3) is 3.37. The molecule has 0 aromatic heterocycles. The van der Waals surface area contributed by atoms with Gasteiger partial charge in [-0.25, -0.2) is 4.39 Å². The molecule has 0 spiro atoms. The van der Waals surface area contributed by atoms with Gasteiger partial charge in [0.15, 0.2) is 11.6 Å². The SMILES string of the molecule is [CH2]C(CO)c1ccc(OC(F)(F)F)c(F)c1. The zero-order chi connectivity index (χ0) is 12.3. The van der Waals surface area contributed by atoms with Crippen molar-refractivity contribution in [1.29, 1.82) is 0 Å². The van der Waals surface area contributed by atoms with E-state index in [9.17, 15) is 17.6 Å². The van der Waals surface area contributed by atoms with Crippen LogP contribution in [0.2, 0.25) is 0 Å². The van der Waals surface area contributed by atoms with Crippen LogP contribution in [0.1, 0.15) is 11.5 Å². The monoisotopic (exact) mass is 237 g/mol. The summed E-state index contributed by atoms with van der Waals surface area (Å²) in [5.41, 5.74) is 0.300. The predicted octanol–water partition coefficient (Wildman–Crippen LogP) is 2.63. The lowest BCUT2D eigenvalue weighted by molar-refractivity contribution is -0.275. The Morgan fingerprint density at radius 3 is 2.44 bits per heavy atom. The normalized spacial score (nSPS) is 13.6. The second-order valence-electron chi connectivity index (χ2n) is 3.12. The van der Waals surface area contributed by atoms with E-state index in [-0.39, 0.29) is 6.61 Å². The molecule has 6 heteroatoms. The number of aliphatic hydroxyl groups is 1. The van der Waals surface area contributed by atoms with Crippen LogP contribution in [-0.2, 0) is 0 Å². The number of benzene rings is 1. The van der Waals surface area contributed by atoms with Gasteiger partial charge in [-0.15, -0.1) is 13.2 Å². The summed E-state index contributed by atoms with van der Waals surface area (Å²) in [5, 5.41) is 8.74. The zero-order valence-corrected chi connectivity index (χ0v) is 8.09. The minimum atomic E-state index is -4.93.